The van der Waals surface area contributed by atoms with Gasteiger partial charge in [-0.2, -0.15) is 10.5 Å². The Balaban J connectivity index is 1.27. The number of rotatable bonds is 5. The fourth-order valence-corrected chi connectivity index (χ4v) is 8.45. The molecule has 238 valence electrons. The normalized spacial score (nSPS) is 18.9. The first kappa shape index (κ1) is 29.8. The van der Waals surface area contributed by atoms with Gasteiger partial charge in [0.05, 0.1) is 40.3 Å². The van der Waals surface area contributed by atoms with Gasteiger partial charge in [-0.15, -0.1) is 0 Å². The van der Waals surface area contributed by atoms with Crippen molar-refractivity contribution in [3.8, 4) is 34.4 Å². The Kier molecular flexibility index (Phi) is 7.11. The summed E-state index contributed by atoms with van der Waals surface area (Å²) in [5, 5.41) is 22.0. The van der Waals surface area contributed by atoms with Crippen LogP contribution in [0.2, 0.25) is 0 Å². The molecule has 0 spiro atoms. The molecule has 2 aliphatic carbocycles. The number of hydrogen-bond acceptors (Lipinski definition) is 3. The SMILES string of the molecule is CC1C=CC=C(n2c3ccc(C#N)cc3c3cccc(-c4ccccc4-c4cccc5c4C4C=CC=CC4N5Cc4ccccc4C#N)c32)C1. The first-order chi connectivity index (χ1) is 24.6. The number of benzene rings is 5. The molecule has 4 nitrogen and oxygen atoms in total. The summed E-state index contributed by atoms with van der Waals surface area (Å²) in [7, 11) is 0. The Morgan fingerprint density at radius 2 is 1.46 bits per heavy atom. The lowest BCUT2D eigenvalue weighted by molar-refractivity contribution is 0.672. The number of fused-ring (bicyclic) bond motifs is 6. The number of hydrogen-bond donors (Lipinski definition) is 0. The zero-order valence-electron chi connectivity index (χ0n) is 27.8. The minimum atomic E-state index is 0.156. The Labute approximate surface area is 292 Å². The van der Waals surface area contributed by atoms with Gasteiger partial charge in [-0.3, -0.25) is 0 Å². The van der Waals surface area contributed by atoms with Gasteiger partial charge in [-0.1, -0.05) is 116 Å². The van der Waals surface area contributed by atoms with E-state index in [4.69, 9.17) is 0 Å². The maximum atomic E-state index is 9.90. The van der Waals surface area contributed by atoms with E-state index < -0.39 is 0 Å². The summed E-state index contributed by atoms with van der Waals surface area (Å²) >= 11 is 0. The van der Waals surface area contributed by atoms with Crippen LogP contribution in [0.3, 0.4) is 0 Å². The highest BCUT2D eigenvalue weighted by Gasteiger charge is 2.38. The van der Waals surface area contributed by atoms with E-state index >= 15 is 0 Å². The van der Waals surface area contributed by atoms with Gasteiger partial charge in [0.15, 0.2) is 0 Å². The molecule has 0 radical (unpaired) electrons. The highest BCUT2D eigenvalue weighted by atomic mass is 15.2. The molecule has 4 heteroatoms. The highest BCUT2D eigenvalue weighted by Crippen LogP contribution is 2.51. The summed E-state index contributed by atoms with van der Waals surface area (Å²) in [5.41, 5.74) is 13.3. The van der Waals surface area contributed by atoms with Crippen LogP contribution in [0.15, 0.2) is 146 Å². The van der Waals surface area contributed by atoms with E-state index in [9.17, 15) is 10.5 Å². The molecule has 0 fully saturated rings. The van der Waals surface area contributed by atoms with Gasteiger partial charge in [0, 0.05) is 40.2 Å². The Morgan fingerprint density at radius 1 is 0.700 bits per heavy atom. The van der Waals surface area contributed by atoms with Crippen molar-refractivity contribution in [1.29, 1.82) is 10.5 Å². The van der Waals surface area contributed by atoms with Crippen molar-refractivity contribution in [2.75, 3.05) is 4.90 Å². The van der Waals surface area contributed by atoms with Crippen molar-refractivity contribution >= 4 is 33.2 Å². The van der Waals surface area contributed by atoms with Crippen molar-refractivity contribution < 1.29 is 0 Å². The fourth-order valence-electron chi connectivity index (χ4n) is 8.45. The van der Waals surface area contributed by atoms with Crippen LogP contribution in [0.5, 0.6) is 0 Å². The summed E-state index contributed by atoms with van der Waals surface area (Å²) in [4.78, 5) is 2.47. The molecule has 0 bridgehead atoms. The predicted octanol–water partition coefficient (Wildman–Crippen LogP) is 10.9. The van der Waals surface area contributed by atoms with Crippen molar-refractivity contribution in [2.45, 2.75) is 31.8 Å². The van der Waals surface area contributed by atoms with Gasteiger partial charge < -0.3 is 9.47 Å². The zero-order valence-corrected chi connectivity index (χ0v) is 27.8. The van der Waals surface area contributed by atoms with Crippen molar-refractivity contribution in [3.63, 3.8) is 0 Å². The molecular formula is C46H34N4. The molecule has 0 amide bonds. The average Bonchev–Trinajstić information content (AvgIpc) is 3.67. The van der Waals surface area contributed by atoms with E-state index in [0.29, 0.717) is 18.0 Å². The van der Waals surface area contributed by atoms with E-state index in [1.54, 1.807) is 0 Å². The average molecular weight is 643 g/mol. The maximum Gasteiger partial charge on any atom is 0.0995 e. The van der Waals surface area contributed by atoms with Gasteiger partial charge in [0.1, 0.15) is 0 Å². The number of anilines is 1. The molecule has 5 aromatic carbocycles. The third-order valence-corrected chi connectivity index (χ3v) is 10.6. The molecule has 50 heavy (non-hydrogen) atoms. The zero-order chi connectivity index (χ0) is 33.8. The van der Waals surface area contributed by atoms with E-state index in [2.05, 4.69) is 144 Å². The molecule has 1 aliphatic heterocycles. The second kappa shape index (κ2) is 12.0. The first-order valence-electron chi connectivity index (χ1n) is 17.3. The summed E-state index contributed by atoms with van der Waals surface area (Å²) in [6, 6.07) is 41.1. The molecule has 3 unspecified atom stereocenters. The van der Waals surface area contributed by atoms with Gasteiger partial charge in [0.25, 0.3) is 0 Å². The van der Waals surface area contributed by atoms with E-state index in [1.165, 1.54) is 44.7 Å². The number of nitrogens with zero attached hydrogens (tertiary/aromatic N) is 4. The molecule has 0 N–H and O–H groups in total. The van der Waals surface area contributed by atoms with Crippen LogP contribution in [0.1, 0.15) is 41.5 Å². The molecule has 6 aromatic rings. The van der Waals surface area contributed by atoms with Crippen molar-refractivity contribution in [2.24, 2.45) is 5.92 Å². The van der Waals surface area contributed by atoms with Crippen LogP contribution in [-0.4, -0.2) is 10.6 Å². The van der Waals surface area contributed by atoms with Gasteiger partial charge in [-0.25, -0.2) is 0 Å². The quantitative estimate of drug-likeness (QED) is 0.188. The number of para-hydroxylation sites is 1. The second-order valence-electron chi connectivity index (χ2n) is 13.6. The molecule has 3 aliphatic rings. The summed E-state index contributed by atoms with van der Waals surface area (Å²) < 4.78 is 2.44. The minimum Gasteiger partial charge on any atom is -0.360 e. The van der Waals surface area contributed by atoms with Crippen molar-refractivity contribution in [3.05, 3.63) is 168 Å². The standard InChI is InChI=1S/C46H34N4/c1-30-11-8-14-34(25-30)50-43-24-23-31(27-47)26-41(43)39-20-9-19-38(46(39)50)36-16-5-4-15-35(36)37-18-10-22-44-45(37)40-17-6-7-21-42(40)49(44)29-33-13-3-2-12-32(33)28-48/h2-24,26,30,40,42H,25,29H2,1H3. The molecular weight excluding hydrogens is 609 g/mol. The monoisotopic (exact) mass is 642 g/mol. The van der Waals surface area contributed by atoms with E-state index in [0.717, 1.165) is 33.8 Å². The molecule has 0 saturated carbocycles. The molecule has 9 rings (SSSR count). The number of nitriles is 2. The summed E-state index contributed by atoms with van der Waals surface area (Å²) in [6.07, 6.45) is 16.6. The van der Waals surface area contributed by atoms with Crippen molar-refractivity contribution in [1.82, 2.24) is 4.57 Å². The first-order valence-corrected chi connectivity index (χ1v) is 17.3. The Bertz CT molecular complexity index is 2560. The Morgan fingerprint density at radius 3 is 2.30 bits per heavy atom. The predicted molar refractivity (Wildman–Crippen MR) is 204 cm³/mol. The molecule has 1 aromatic heterocycles. The van der Waals surface area contributed by atoms with Crippen LogP contribution >= 0.6 is 0 Å². The highest BCUT2D eigenvalue weighted by molar-refractivity contribution is 6.15. The fraction of sp³-hybridized carbons (Fsp3) is 0.130. The second-order valence-corrected chi connectivity index (χ2v) is 13.6. The molecule has 3 atom stereocenters. The molecule has 0 saturated heterocycles. The topological polar surface area (TPSA) is 55.8 Å². The van der Waals surface area contributed by atoms with Crippen LogP contribution in [0.25, 0.3) is 49.8 Å². The van der Waals surface area contributed by atoms with Crippen LogP contribution < -0.4 is 4.90 Å². The minimum absolute atomic E-state index is 0.156. The smallest absolute Gasteiger partial charge is 0.0995 e. The summed E-state index contributed by atoms with van der Waals surface area (Å²) in [6.45, 7) is 2.93. The Hall–Kier alpha value is -6.36. The van der Waals surface area contributed by atoms with Gasteiger partial charge >= 0.3 is 0 Å². The lowest BCUT2D eigenvalue weighted by Crippen LogP contribution is -2.32. The van der Waals surface area contributed by atoms with E-state index in [-0.39, 0.29) is 12.0 Å². The van der Waals surface area contributed by atoms with Gasteiger partial charge in [-0.05, 0) is 76.6 Å². The summed E-state index contributed by atoms with van der Waals surface area (Å²) in [5.74, 6) is 0.613. The third kappa shape index (κ3) is 4.65. The lowest BCUT2D eigenvalue weighted by Gasteiger charge is -2.29. The number of aromatic nitrogens is 1. The molecule has 2 heterocycles. The lowest BCUT2D eigenvalue weighted by atomic mass is 9.84. The van der Waals surface area contributed by atoms with Gasteiger partial charge in [0.2, 0.25) is 0 Å². The van der Waals surface area contributed by atoms with Crippen LogP contribution in [0, 0.1) is 28.6 Å². The largest absolute Gasteiger partial charge is 0.360 e. The van der Waals surface area contributed by atoms with Crippen LogP contribution in [0.4, 0.5) is 5.69 Å². The van der Waals surface area contributed by atoms with Crippen LogP contribution in [-0.2, 0) is 6.54 Å². The third-order valence-electron chi connectivity index (χ3n) is 10.6. The number of allylic oxidation sites excluding steroid dienone is 6. The van der Waals surface area contributed by atoms with E-state index in [1.807, 2.05) is 30.3 Å². The maximum absolute atomic E-state index is 9.90.